The molecule has 1 aromatic carbocycles. The zero-order chi connectivity index (χ0) is 17.4. The average molecular weight is 340 g/mol. The second-order valence-corrected chi connectivity index (χ2v) is 7.28. The smallest absolute Gasteiger partial charge is 0.275 e. The van der Waals surface area contributed by atoms with Gasteiger partial charge in [0.2, 0.25) is 5.91 Å². The lowest BCUT2D eigenvalue weighted by Gasteiger charge is -2.15. The average Bonchev–Trinajstić information content (AvgIpc) is 3.36. The molecule has 6 heteroatoms. The fourth-order valence-electron chi connectivity index (χ4n) is 3.76. The Kier molecular flexibility index (Phi) is 4.29. The van der Waals surface area contributed by atoms with E-state index in [1.54, 1.807) is 6.07 Å². The zero-order valence-electron chi connectivity index (χ0n) is 14.6. The number of aromatic nitrogens is 2. The molecule has 1 aliphatic heterocycles. The Bertz CT molecular complexity index is 856. The Hall–Kier alpha value is -2.21. The summed E-state index contributed by atoms with van der Waals surface area (Å²) in [5.74, 6) is 0.377. The molecule has 132 valence electrons. The van der Waals surface area contributed by atoms with Gasteiger partial charge in [0.25, 0.3) is 5.56 Å². The minimum Gasteiger partial charge on any atom is -0.354 e. The van der Waals surface area contributed by atoms with Crippen molar-refractivity contribution in [2.24, 2.45) is 5.92 Å². The fourth-order valence-corrected chi connectivity index (χ4v) is 3.76. The molecule has 1 amide bonds. The summed E-state index contributed by atoms with van der Waals surface area (Å²) in [7, 11) is 0. The summed E-state index contributed by atoms with van der Waals surface area (Å²) < 4.78 is 1.28. The van der Waals surface area contributed by atoms with Crippen molar-refractivity contribution in [3.8, 4) is 0 Å². The monoisotopic (exact) mass is 340 g/mol. The second-order valence-electron chi connectivity index (χ2n) is 7.28. The molecule has 1 saturated carbocycles. The molecule has 1 aromatic heterocycles. The molecule has 25 heavy (non-hydrogen) atoms. The van der Waals surface area contributed by atoms with Gasteiger partial charge in [0.15, 0.2) is 0 Å². The third-order valence-electron chi connectivity index (χ3n) is 5.31. The van der Waals surface area contributed by atoms with Crippen molar-refractivity contribution in [3.05, 3.63) is 40.3 Å². The number of aryl methyl sites for hydroxylation is 1. The first-order valence-electron chi connectivity index (χ1n) is 9.09. The molecule has 1 aliphatic carbocycles. The maximum Gasteiger partial charge on any atom is 0.275 e. The van der Waals surface area contributed by atoms with Gasteiger partial charge in [-0.05, 0) is 44.7 Å². The maximum absolute atomic E-state index is 12.5. The van der Waals surface area contributed by atoms with Crippen molar-refractivity contribution in [1.29, 1.82) is 0 Å². The summed E-state index contributed by atoms with van der Waals surface area (Å²) in [4.78, 5) is 27.3. The van der Waals surface area contributed by atoms with Gasteiger partial charge in [0.05, 0.1) is 11.1 Å². The number of hydrogen-bond acceptors (Lipinski definition) is 4. The van der Waals surface area contributed by atoms with Crippen molar-refractivity contribution in [1.82, 2.24) is 20.0 Å². The molecule has 0 spiro atoms. The van der Waals surface area contributed by atoms with Crippen LogP contribution in [0.5, 0.6) is 0 Å². The van der Waals surface area contributed by atoms with Crippen LogP contribution in [0.15, 0.2) is 29.1 Å². The van der Waals surface area contributed by atoms with E-state index in [4.69, 9.17) is 0 Å². The first-order valence-corrected chi connectivity index (χ1v) is 9.09. The van der Waals surface area contributed by atoms with Crippen LogP contribution in [0.25, 0.3) is 10.8 Å². The van der Waals surface area contributed by atoms with E-state index in [0.29, 0.717) is 17.8 Å². The van der Waals surface area contributed by atoms with Crippen molar-refractivity contribution < 1.29 is 4.79 Å². The highest BCUT2D eigenvalue weighted by Gasteiger charge is 2.34. The number of likely N-dealkylation sites (tertiary alicyclic amines) is 1. The molecular weight excluding hydrogens is 316 g/mol. The summed E-state index contributed by atoms with van der Waals surface area (Å²) in [5, 5.41) is 8.73. The van der Waals surface area contributed by atoms with Crippen molar-refractivity contribution in [2.45, 2.75) is 38.8 Å². The Labute approximate surface area is 146 Å². The largest absolute Gasteiger partial charge is 0.354 e. The third-order valence-corrected chi connectivity index (χ3v) is 5.31. The van der Waals surface area contributed by atoms with Gasteiger partial charge < -0.3 is 10.2 Å². The van der Waals surface area contributed by atoms with E-state index in [2.05, 4.69) is 15.3 Å². The molecule has 2 aromatic rings. The van der Waals surface area contributed by atoms with E-state index >= 15 is 0 Å². The molecule has 1 N–H and O–H groups in total. The van der Waals surface area contributed by atoms with Crippen LogP contribution in [-0.2, 0) is 11.3 Å². The standard InChI is InChI=1S/C19H24N4O2/c1-13-16-4-2-3-5-17(16)19(25)23(21-13)12-18(24)20-10-14-8-9-22(11-14)15-6-7-15/h2-5,14-15H,6-12H2,1H3,(H,20,24)/t14-/m1/s1. The van der Waals surface area contributed by atoms with E-state index < -0.39 is 0 Å². The van der Waals surface area contributed by atoms with Gasteiger partial charge >= 0.3 is 0 Å². The van der Waals surface area contributed by atoms with Crippen LogP contribution in [0.4, 0.5) is 0 Å². The zero-order valence-corrected chi connectivity index (χ0v) is 14.6. The van der Waals surface area contributed by atoms with Gasteiger partial charge in [0.1, 0.15) is 6.54 Å². The highest BCUT2D eigenvalue weighted by atomic mass is 16.2. The molecule has 2 fully saturated rings. The molecule has 4 rings (SSSR count). The molecule has 1 atom stereocenters. The van der Waals surface area contributed by atoms with Gasteiger partial charge in [-0.2, -0.15) is 5.10 Å². The number of carbonyl (C=O) groups excluding carboxylic acids is 1. The van der Waals surface area contributed by atoms with Gasteiger partial charge in [-0.1, -0.05) is 18.2 Å². The quantitative estimate of drug-likeness (QED) is 0.891. The highest BCUT2D eigenvalue weighted by molar-refractivity contribution is 5.83. The van der Waals surface area contributed by atoms with Crippen LogP contribution in [-0.4, -0.2) is 46.3 Å². The van der Waals surface area contributed by atoms with E-state index in [1.807, 2.05) is 25.1 Å². The third kappa shape index (κ3) is 3.44. The Balaban J connectivity index is 1.38. The van der Waals surface area contributed by atoms with Gasteiger partial charge in [-0.25, -0.2) is 4.68 Å². The predicted octanol–water partition coefficient (Wildman–Crippen LogP) is 1.31. The highest BCUT2D eigenvalue weighted by Crippen LogP contribution is 2.31. The number of rotatable bonds is 5. The van der Waals surface area contributed by atoms with Gasteiger partial charge in [0, 0.05) is 24.5 Å². The minimum atomic E-state index is -0.211. The van der Waals surface area contributed by atoms with Crippen molar-refractivity contribution in [2.75, 3.05) is 19.6 Å². The molecule has 1 saturated heterocycles. The maximum atomic E-state index is 12.5. The van der Waals surface area contributed by atoms with E-state index in [1.165, 1.54) is 17.5 Å². The molecule has 2 heterocycles. The number of nitrogens with zero attached hydrogens (tertiary/aromatic N) is 3. The normalized spacial score (nSPS) is 20.9. The first-order chi connectivity index (χ1) is 12.1. The van der Waals surface area contributed by atoms with Crippen molar-refractivity contribution in [3.63, 3.8) is 0 Å². The van der Waals surface area contributed by atoms with E-state index in [-0.39, 0.29) is 18.0 Å². The molecule has 0 unspecified atom stereocenters. The fraction of sp³-hybridized carbons (Fsp3) is 0.526. The summed E-state index contributed by atoms with van der Waals surface area (Å²) >= 11 is 0. The molecule has 6 nitrogen and oxygen atoms in total. The topological polar surface area (TPSA) is 67.2 Å². The summed E-state index contributed by atoms with van der Waals surface area (Å²) in [6, 6.07) is 8.18. The number of amides is 1. The Morgan fingerprint density at radius 2 is 2.00 bits per heavy atom. The van der Waals surface area contributed by atoms with Gasteiger partial charge in [-0.3, -0.25) is 9.59 Å². The SMILES string of the molecule is Cc1nn(CC(=O)NC[C@H]2CCN(C3CC3)C2)c(=O)c2ccccc12. The number of nitrogens with one attached hydrogen (secondary N) is 1. The summed E-state index contributed by atoms with van der Waals surface area (Å²) in [6.07, 6.45) is 3.80. The van der Waals surface area contributed by atoms with Crippen LogP contribution in [0, 0.1) is 12.8 Å². The van der Waals surface area contributed by atoms with Crippen LogP contribution < -0.4 is 10.9 Å². The Morgan fingerprint density at radius 3 is 2.76 bits per heavy atom. The number of benzene rings is 1. The minimum absolute atomic E-state index is 0.0242. The van der Waals surface area contributed by atoms with Gasteiger partial charge in [-0.15, -0.1) is 0 Å². The number of hydrogen-bond donors (Lipinski definition) is 1. The predicted molar refractivity (Wildman–Crippen MR) is 96.5 cm³/mol. The second kappa shape index (κ2) is 6.59. The number of carbonyl (C=O) groups is 1. The lowest BCUT2D eigenvalue weighted by Crippen LogP contribution is -2.37. The number of fused-ring (bicyclic) bond motifs is 1. The van der Waals surface area contributed by atoms with E-state index in [0.717, 1.165) is 36.6 Å². The molecule has 2 aliphatic rings. The molecular formula is C19H24N4O2. The summed E-state index contributed by atoms with van der Waals surface area (Å²) in [5.41, 5.74) is 0.552. The lowest BCUT2D eigenvalue weighted by atomic mass is 10.1. The lowest BCUT2D eigenvalue weighted by molar-refractivity contribution is -0.122. The van der Waals surface area contributed by atoms with Crippen LogP contribution in [0.1, 0.15) is 25.0 Å². The Morgan fingerprint density at radius 1 is 1.24 bits per heavy atom. The van der Waals surface area contributed by atoms with Crippen LogP contribution in [0.3, 0.4) is 0 Å². The molecule has 0 bridgehead atoms. The van der Waals surface area contributed by atoms with E-state index in [9.17, 15) is 9.59 Å². The van der Waals surface area contributed by atoms with Crippen molar-refractivity contribution >= 4 is 16.7 Å². The molecule has 0 radical (unpaired) electrons. The first kappa shape index (κ1) is 16.3. The van der Waals surface area contributed by atoms with Crippen LogP contribution in [0.2, 0.25) is 0 Å². The van der Waals surface area contributed by atoms with Crippen LogP contribution >= 0.6 is 0 Å². The summed E-state index contributed by atoms with van der Waals surface area (Å²) in [6.45, 7) is 4.75.